The van der Waals surface area contributed by atoms with E-state index in [9.17, 15) is 4.39 Å². The predicted molar refractivity (Wildman–Crippen MR) is 51.5 cm³/mol. The first-order valence-corrected chi connectivity index (χ1v) is 4.35. The van der Waals surface area contributed by atoms with Gasteiger partial charge in [-0.1, -0.05) is 18.2 Å². The zero-order chi connectivity index (χ0) is 10.1. The van der Waals surface area contributed by atoms with E-state index in [0.717, 1.165) is 11.1 Å². The molecule has 0 radical (unpaired) electrons. The van der Waals surface area contributed by atoms with Gasteiger partial charge in [-0.25, -0.2) is 4.39 Å². The van der Waals surface area contributed by atoms with Crippen LogP contribution in [-0.4, -0.2) is 11.7 Å². The van der Waals surface area contributed by atoms with Crippen LogP contribution in [0.25, 0.3) is 0 Å². The molecular formula is C11H15FO. The SMILES string of the molecule is Cc1ccc(C(C)(F)CO)cc1C. The molecule has 0 aromatic heterocycles. The Morgan fingerprint density at radius 2 is 1.92 bits per heavy atom. The Balaban J connectivity index is 3.10. The average Bonchev–Trinajstić information content (AvgIpc) is 2.09. The van der Waals surface area contributed by atoms with E-state index in [4.69, 9.17) is 5.11 Å². The van der Waals surface area contributed by atoms with Gasteiger partial charge in [-0.05, 0) is 37.5 Å². The summed E-state index contributed by atoms with van der Waals surface area (Å²) < 4.78 is 13.6. The molecule has 1 aromatic rings. The Morgan fingerprint density at radius 1 is 1.31 bits per heavy atom. The van der Waals surface area contributed by atoms with Gasteiger partial charge in [-0.15, -0.1) is 0 Å². The highest BCUT2D eigenvalue weighted by atomic mass is 19.1. The topological polar surface area (TPSA) is 20.2 Å². The van der Waals surface area contributed by atoms with Crippen LogP contribution in [0.3, 0.4) is 0 Å². The molecule has 0 aliphatic rings. The maximum absolute atomic E-state index is 13.6. The molecule has 13 heavy (non-hydrogen) atoms. The summed E-state index contributed by atoms with van der Waals surface area (Å²) in [5.74, 6) is 0. The number of benzene rings is 1. The van der Waals surface area contributed by atoms with Gasteiger partial charge in [0.25, 0.3) is 0 Å². The second-order valence-electron chi connectivity index (χ2n) is 3.65. The molecule has 1 nitrogen and oxygen atoms in total. The maximum atomic E-state index is 13.6. The van der Waals surface area contributed by atoms with E-state index >= 15 is 0 Å². The van der Waals surface area contributed by atoms with Crippen LogP contribution in [0.2, 0.25) is 0 Å². The molecule has 0 aliphatic heterocycles. The minimum atomic E-state index is -1.63. The van der Waals surface area contributed by atoms with E-state index in [2.05, 4.69) is 0 Å². The second kappa shape index (κ2) is 3.46. The Kier molecular flexibility index (Phi) is 2.71. The summed E-state index contributed by atoms with van der Waals surface area (Å²) in [6.07, 6.45) is 0. The van der Waals surface area contributed by atoms with Crippen LogP contribution in [0, 0.1) is 13.8 Å². The number of hydrogen-bond acceptors (Lipinski definition) is 1. The number of alkyl halides is 1. The number of aryl methyl sites for hydroxylation is 2. The molecule has 0 saturated carbocycles. The molecular weight excluding hydrogens is 167 g/mol. The minimum absolute atomic E-state index is 0.477. The molecule has 0 heterocycles. The van der Waals surface area contributed by atoms with Gasteiger partial charge in [0.1, 0.15) is 0 Å². The fourth-order valence-electron chi connectivity index (χ4n) is 1.16. The van der Waals surface area contributed by atoms with Crippen molar-refractivity contribution in [2.24, 2.45) is 0 Å². The zero-order valence-corrected chi connectivity index (χ0v) is 8.26. The Morgan fingerprint density at radius 3 is 2.38 bits per heavy atom. The lowest BCUT2D eigenvalue weighted by molar-refractivity contribution is 0.0867. The molecule has 1 aromatic carbocycles. The first kappa shape index (κ1) is 10.2. The predicted octanol–water partition coefficient (Wildman–Crippen LogP) is 2.48. The second-order valence-corrected chi connectivity index (χ2v) is 3.65. The van der Waals surface area contributed by atoms with Crippen molar-refractivity contribution in [3.63, 3.8) is 0 Å². The molecule has 1 unspecified atom stereocenters. The summed E-state index contributed by atoms with van der Waals surface area (Å²) in [6.45, 7) is 4.83. The third kappa shape index (κ3) is 2.07. The quantitative estimate of drug-likeness (QED) is 0.745. The molecule has 0 amide bonds. The first-order chi connectivity index (χ1) is 5.97. The molecule has 0 saturated heterocycles. The van der Waals surface area contributed by atoms with Gasteiger partial charge >= 0.3 is 0 Å². The summed E-state index contributed by atoms with van der Waals surface area (Å²) >= 11 is 0. The number of aliphatic hydroxyl groups excluding tert-OH is 1. The molecule has 0 spiro atoms. The van der Waals surface area contributed by atoms with Crippen molar-refractivity contribution in [2.75, 3.05) is 6.61 Å². The van der Waals surface area contributed by atoms with Crippen molar-refractivity contribution in [1.82, 2.24) is 0 Å². The van der Waals surface area contributed by atoms with Crippen LogP contribution in [0.15, 0.2) is 18.2 Å². The van der Waals surface area contributed by atoms with Gasteiger partial charge in [0.2, 0.25) is 0 Å². The van der Waals surface area contributed by atoms with Gasteiger partial charge < -0.3 is 5.11 Å². The van der Waals surface area contributed by atoms with E-state index in [1.165, 1.54) is 6.92 Å². The van der Waals surface area contributed by atoms with Crippen molar-refractivity contribution in [2.45, 2.75) is 26.4 Å². The minimum Gasteiger partial charge on any atom is -0.393 e. The number of rotatable bonds is 2. The van der Waals surface area contributed by atoms with E-state index < -0.39 is 12.3 Å². The Labute approximate surface area is 78.2 Å². The number of hydrogen-bond donors (Lipinski definition) is 1. The lowest BCUT2D eigenvalue weighted by Crippen LogP contribution is -2.20. The average molecular weight is 182 g/mol. The van der Waals surface area contributed by atoms with Gasteiger partial charge in [0.05, 0.1) is 6.61 Å². The van der Waals surface area contributed by atoms with E-state index in [1.54, 1.807) is 12.1 Å². The Bertz CT molecular complexity index is 305. The monoisotopic (exact) mass is 182 g/mol. The van der Waals surface area contributed by atoms with Crippen molar-refractivity contribution < 1.29 is 9.50 Å². The first-order valence-electron chi connectivity index (χ1n) is 4.35. The van der Waals surface area contributed by atoms with Crippen molar-refractivity contribution in [3.8, 4) is 0 Å². The fraction of sp³-hybridized carbons (Fsp3) is 0.455. The standard InChI is InChI=1S/C11H15FO/c1-8-4-5-10(6-9(8)2)11(3,12)7-13/h4-6,13H,7H2,1-3H3. The Hall–Kier alpha value is -0.890. The molecule has 1 N–H and O–H groups in total. The normalized spacial score (nSPS) is 15.5. The van der Waals surface area contributed by atoms with E-state index in [1.807, 2.05) is 19.9 Å². The fourth-order valence-corrected chi connectivity index (χ4v) is 1.16. The summed E-state index contributed by atoms with van der Waals surface area (Å²) in [5, 5.41) is 8.83. The number of aliphatic hydroxyl groups is 1. The van der Waals surface area contributed by atoms with Gasteiger partial charge in [-0.3, -0.25) is 0 Å². The van der Waals surface area contributed by atoms with Crippen LogP contribution in [0.5, 0.6) is 0 Å². The van der Waals surface area contributed by atoms with Gasteiger partial charge in [-0.2, -0.15) is 0 Å². The van der Waals surface area contributed by atoms with E-state index in [-0.39, 0.29) is 0 Å². The molecule has 1 rings (SSSR count). The third-order valence-corrected chi connectivity index (χ3v) is 2.41. The van der Waals surface area contributed by atoms with Gasteiger partial charge in [0.15, 0.2) is 5.67 Å². The lowest BCUT2D eigenvalue weighted by atomic mass is 9.95. The van der Waals surface area contributed by atoms with Crippen molar-refractivity contribution >= 4 is 0 Å². The molecule has 1 atom stereocenters. The lowest BCUT2D eigenvalue weighted by Gasteiger charge is -2.18. The van der Waals surface area contributed by atoms with Crippen molar-refractivity contribution in [3.05, 3.63) is 34.9 Å². The summed E-state index contributed by atoms with van der Waals surface area (Å²) in [4.78, 5) is 0. The third-order valence-electron chi connectivity index (χ3n) is 2.41. The maximum Gasteiger partial charge on any atom is 0.156 e. The molecule has 72 valence electrons. The summed E-state index contributed by atoms with van der Waals surface area (Å²) in [5.41, 5.74) is 1.10. The van der Waals surface area contributed by atoms with Crippen LogP contribution in [0.1, 0.15) is 23.6 Å². The smallest absolute Gasteiger partial charge is 0.156 e. The highest BCUT2D eigenvalue weighted by molar-refractivity contribution is 5.33. The van der Waals surface area contributed by atoms with Crippen LogP contribution >= 0.6 is 0 Å². The molecule has 0 fully saturated rings. The highest BCUT2D eigenvalue weighted by Crippen LogP contribution is 2.26. The summed E-state index contributed by atoms with van der Waals surface area (Å²) in [7, 11) is 0. The molecule has 0 aliphatic carbocycles. The number of halogens is 1. The van der Waals surface area contributed by atoms with Crippen LogP contribution in [0.4, 0.5) is 4.39 Å². The highest BCUT2D eigenvalue weighted by Gasteiger charge is 2.24. The van der Waals surface area contributed by atoms with Crippen molar-refractivity contribution in [1.29, 1.82) is 0 Å². The molecule has 0 bridgehead atoms. The zero-order valence-electron chi connectivity index (χ0n) is 8.26. The van der Waals surface area contributed by atoms with Gasteiger partial charge in [0, 0.05) is 0 Å². The van der Waals surface area contributed by atoms with Crippen LogP contribution in [-0.2, 0) is 5.67 Å². The molecule has 2 heteroatoms. The largest absolute Gasteiger partial charge is 0.393 e. The van der Waals surface area contributed by atoms with Crippen LogP contribution < -0.4 is 0 Å². The summed E-state index contributed by atoms with van der Waals surface area (Å²) in [6, 6.07) is 5.38. The van der Waals surface area contributed by atoms with E-state index in [0.29, 0.717) is 5.56 Å².